The van der Waals surface area contributed by atoms with Crippen molar-refractivity contribution in [3.05, 3.63) is 18.2 Å². The van der Waals surface area contributed by atoms with Gasteiger partial charge in [-0.05, 0) is 24.5 Å². The van der Waals surface area contributed by atoms with Gasteiger partial charge in [0.2, 0.25) is 5.91 Å². The number of fused-ring (bicyclic) bond motifs is 1. The van der Waals surface area contributed by atoms with Crippen LogP contribution in [0, 0.1) is 5.92 Å². The molecule has 2 atom stereocenters. The van der Waals surface area contributed by atoms with Crippen LogP contribution in [-0.2, 0) is 14.6 Å². The van der Waals surface area contributed by atoms with Gasteiger partial charge in [0.15, 0.2) is 21.3 Å². The lowest BCUT2D eigenvalue weighted by Crippen LogP contribution is -2.52. The molecule has 9 nitrogen and oxygen atoms in total. The van der Waals surface area contributed by atoms with Crippen LogP contribution in [0.2, 0.25) is 0 Å². The van der Waals surface area contributed by atoms with Gasteiger partial charge < -0.3 is 25.4 Å². The van der Waals surface area contributed by atoms with Crippen LogP contribution >= 0.6 is 0 Å². The molecule has 28 heavy (non-hydrogen) atoms. The second-order valence-corrected chi connectivity index (χ2v) is 9.52. The number of hydrogen-bond donors (Lipinski definition) is 3. The quantitative estimate of drug-likeness (QED) is 0.662. The monoisotopic (exact) mass is 411 g/mol. The van der Waals surface area contributed by atoms with Crippen molar-refractivity contribution in [2.24, 2.45) is 5.92 Å². The summed E-state index contributed by atoms with van der Waals surface area (Å²) in [4.78, 5) is 24.9. The third kappa shape index (κ3) is 5.06. The SMILES string of the molecule is CC(C)[C@H](NC(=O)N[C@H]1CCS(=O)(=O)C1)C(=O)Nc1ccc2c(c1)OCCO2. The van der Waals surface area contributed by atoms with Gasteiger partial charge in [0.25, 0.3) is 0 Å². The summed E-state index contributed by atoms with van der Waals surface area (Å²) in [7, 11) is -3.09. The van der Waals surface area contributed by atoms with E-state index in [1.165, 1.54) is 0 Å². The van der Waals surface area contributed by atoms with Crippen LogP contribution < -0.4 is 25.4 Å². The Bertz CT molecular complexity index is 855. The van der Waals surface area contributed by atoms with Gasteiger partial charge in [0.05, 0.1) is 11.5 Å². The molecule has 0 bridgehead atoms. The normalized spacial score (nSPS) is 21.0. The summed E-state index contributed by atoms with van der Waals surface area (Å²) in [5.41, 5.74) is 0.531. The number of hydrogen-bond acceptors (Lipinski definition) is 6. The second kappa shape index (κ2) is 8.26. The van der Waals surface area contributed by atoms with Gasteiger partial charge in [-0.25, -0.2) is 13.2 Å². The van der Waals surface area contributed by atoms with E-state index in [-0.39, 0.29) is 23.3 Å². The Labute approximate surface area is 164 Å². The number of urea groups is 1. The molecule has 0 aromatic heterocycles. The number of benzene rings is 1. The smallest absolute Gasteiger partial charge is 0.315 e. The van der Waals surface area contributed by atoms with Crippen molar-refractivity contribution in [1.82, 2.24) is 10.6 Å². The first-order chi connectivity index (χ1) is 13.2. The molecule has 0 aliphatic carbocycles. The first-order valence-corrected chi connectivity index (χ1v) is 11.0. The van der Waals surface area contributed by atoms with E-state index < -0.39 is 28.0 Å². The van der Waals surface area contributed by atoms with Crippen LogP contribution in [0.4, 0.5) is 10.5 Å². The Hall–Kier alpha value is -2.49. The molecule has 0 unspecified atom stereocenters. The third-order valence-electron chi connectivity index (χ3n) is 4.61. The number of anilines is 1. The van der Waals surface area contributed by atoms with Crippen molar-refractivity contribution in [3.63, 3.8) is 0 Å². The second-order valence-electron chi connectivity index (χ2n) is 7.29. The number of carbonyl (C=O) groups excluding carboxylic acids is 2. The first kappa shape index (κ1) is 20.2. The standard InChI is InChI=1S/C18H25N3O6S/c1-11(2)16(21-18(23)20-13-5-8-28(24,25)10-13)17(22)19-12-3-4-14-15(9-12)27-7-6-26-14/h3-4,9,11,13,16H,5-8,10H2,1-2H3,(H,19,22)(H2,20,21,23)/t13-,16-/m0/s1. The van der Waals surface area contributed by atoms with E-state index in [0.717, 1.165) is 0 Å². The van der Waals surface area contributed by atoms with Crippen molar-refractivity contribution in [2.75, 3.05) is 30.0 Å². The highest BCUT2D eigenvalue weighted by molar-refractivity contribution is 7.91. The van der Waals surface area contributed by atoms with Gasteiger partial charge >= 0.3 is 6.03 Å². The van der Waals surface area contributed by atoms with Crippen LogP contribution in [0.5, 0.6) is 11.5 Å². The molecule has 10 heteroatoms. The minimum Gasteiger partial charge on any atom is -0.486 e. The van der Waals surface area contributed by atoms with E-state index in [1.807, 2.05) is 13.8 Å². The van der Waals surface area contributed by atoms with E-state index >= 15 is 0 Å². The van der Waals surface area contributed by atoms with E-state index in [9.17, 15) is 18.0 Å². The number of nitrogens with one attached hydrogen (secondary N) is 3. The molecular weight excluding hydrogens is 386 g/mol. The average molecular weight is 411 g/mol. The van der Waals surface area contributed by atoms with Gasteiger partial charge in [0, 0.05) is 17.8 Å². The summed E-state index contributed by atoms with van der Waals surface area (Å²) in [5, 5.41) is 8.05. The lowest BCUT2D eigenvalue weighted by Gasteiger charge is -2.23. The molecule has 2 aliphatic rings. The zero-order chi connectivity index (χ0) is 20.3. The molecule has 3 N–H and O–H groups in total. The van der Waals surface area contributed by atoms with Gasteiger partial charge in [0.1, 0.15) is 19.3 Å². The number of carbonyl (C=O) groups is 2. The van der Waals surface area contributed by atoms with Crippen LogP contribution in [-0.4, -0.2) is 57.2 Å². The molecule has 0 saturated carbocycles. The Kier molecular flexibility index (Phi) is 5.97. The molecule has 0 radical (unpaired) electrons. The summed E-state index contributed by atoms with van der Waals surface area (Å²) in [5.74, 6) is 0.620. The maximum absolute atomic E-state index is 12.7. The van der Waals surface area contributed by atoms with E-state index in [2.05, 4.69) is 16.0 Å². The molecular formula is C18H25N3O6S. The van der Waals surface area contributed by atoms with Crippen LogP contribution in [0.15, 0.2) is 18.2 Å². The van der Waals surface area contributed by atoms with Gasteiger partial charge in [-0.1, -0.05) is 13.8 Å². The molecule has 0 spiro atoms. The molecule has 2 aliphatic heterocycles. The summed E-state index contributed by atoms with van der Waals surface area (Å²) >= 11 is 0. The predicted molar refractivity (Wildman–Crippen MR) is 103 cm³/mol. The van der Waals surface area contributed by atoms with Gasteiger partial charge in [-0.15, -0.1) is 0 Å². The average Bonchev–Trinajstić information content (AvgIpc) is 2.97. The van der Waals surface area contributed by atoms with Crippen molar-refractivity contribution in [3.8, 4) is 11.5 Å². The fourth-order valence-corrected chi connectivity index (χ4v) is 4.83. The Balaban J connectivity index is 1.60. The molecule has 1 aromatic rings. The van der Waals surface area contributed by atoms with Crippen LogP contribution in [0.25, 0.3) is 0 Å². The zero-order valence-electron chi connectivity index (χ0n) is 15.9. The molecule has 3 rings (SSSR count). The lowest BCUT2D eigenvalue weighted by molar-refractivity contribution is -0.118. The molecule has 154 valence electrons. The summed E-state index contributed by atoms with van der Waals surface area (Å²) in [6.45, 7) is 4.55. The molecule has 1 saturated heterocycles. The van der Waals surface area contributed by atoms with Gasteiger partial charge in [-0.2, -0.15) is 0 Å². The fraction of sp³-hybridized carbons (Fsp3) is 0.556. The summed E-state index contributed by atoms with van der Waals surface area (Å²) in [6.07, 6.45) is 0.380. The van der Waals surface area contributed by atoms with Crippen LogP contribution in [0.1, 0.15) is 20.3 Å². The lowest BCUT2D eigenvalue weighted by atomic mass is 10.0. The summed E-state index contributed by atoms with van der Waals surface area (Å²) < 4.78 is 34.0. The highest BCUT2D eigenvalue weighted by atomic mass is 32.2. The number of rotatable bonds is 5. The highest BCUT2D eigenvalue weighted by Crippen LogP contribution is 2.32. The van der Waals surface area contributed by atoms with E-state index in [4.69, 9.17) is 9.47 Å². The minimum atomic E-state index is -3.09. The van der Waals surface area contributed by atoms with Crippen molar-refractivity contribution >= 4 is 27.5 Å². The number of ether oxygens (including phenoxy) is 2. The predicted octanol–water partition coefficient (Wildman–Crippen LogP) is 0.907. The van der Waals surface area contributed by atoms with E-state index in [1.54, 1.807) is 18.2 Å². The van der Waals surface area contributed by atoms with Gasteiger partial charge in [-0.3, -0.25) is 4.79 Å². The van der Waals surface area contributed by atoms with Crippen molar-refractivity contribution in [1.29, 1.82) is 0 Å². The first-order valence-electron chi connectivity index (χ1n) is 9.21. The summed E-state index contributed by atoms with van der Waals surface area (Å²) in [6, 6.07) is 3.32. The molecule has 3 amide bonds. The maximum Gasteiger partial charge on any atom is 0.315 e. The van der Waals surface area contributed by atoms with Crippen molar-refractivity contribution < 1.29 is 27.5 Å². The zero-order valence-corrected chi connectivity index (χ0v) is 16.7. The Morgan fingerprint density at radius 1 is 1.14 bits per heavy atom. The topological polar surface area (TPSA) is 123 Å². The maximum atomic E-state index is 12.7. The van der Waals surface area contributed by atoms with Crippen LogP contribution in [0.3, 0.4) is 0 Å². The Morgan fingerprint density at radius 3 is 2.50 bits per heavy atom. The third-order valence-corrected chi connectivity index (χ3v) is 6.38. The van der Waals surface area contributed by atoms with Crippen molar-refractivity contribution in [2.45, 2.75) is 32.4 Å². The molecule has 1 fully saturated rings. The number of amides is 3. The Morgan fingerprint density at radius 2 is 1.86 bits per heavy atom. The largest absolute Gasteiger partial charge is 0.486 e. The number of sulfone groups is 1. The fourth-order valence-electron chi connectivity index (χ4n) is 3.15. The molecule has 2 heterocycles. The minimum absolute atomic E-state index is 0.0656. The highest BCUT2D eigenvalue weighted by Gasteiger charge is 2.31. The van der Waals surface area contributed by atoms with E-state index in [0.29, 0.717) is 36.8 Å². The molecule has 1 aromatic carbocycles.